The fourth-order valence-corrected chi connectivity index (χ4v) is 4.77. The Morgan fingerprint density at radius 1 is 1.29 bits per heavy atom. The van der Waals surface area contributed by atoms with E-state index in [1.165, 1.54) is 22.5 Å². The summed E-state index contributed by atoms with van der Waals surface area (Å²) in [7, 11) is -3.57. The summed E-state index contributed by atoms with van der Waals surface area (Å²) in [5.41, 5.74) is 0.176. The highest BCUT2D eigenvalue weighted by Gasteiger charge is 2.28. The van der Waals surface area contributed by atoms with Crippen LogP contribution in [0.2, 0.25) is 5.02 Å². The summed E-state index contributed by atoms with van der Waals surface area (Å²) < 4.78 is 32.2. The zero-order valence-electron chi connectivity index (χ0n) is 13.3. The molecule has 24 heavy (non-hydrogen) atoms. The predicted octanol–water partition coefficient (Wildman–Crippen LogP) is 2.03. The minimum Gasteiger partial charge on any atom is -0.376 e. The molecule has 1 aromatic carbocycles. The van der Waals surface area contributed by atoms with E-state index in [1.807, 2.05) is 0 Å². The van der Waals surface area contributed by atoms with Crippen molar-refractivity contribution in [1.82, 2.24) is 9.62 Å². The number of ether oxygens (including phenoxy) is 1. The molecule has 2 fully saturated rings. The van der Waals surface area contributed by atoms with Crippen LogP contribution < -0.4 is 5.32 Å². The summed E-state index contributed by atoms with van der Waals surface area (Å²) in [5, 5.41) is 3.01. The maximum Gasteiger partial charge on any atom is 0.252 e. The lowest BCUT2D eigenvalue weighted by Gasteiger charge is -2.17. The molecule has 1 aromatic rings. The molecule has 6 nitrogen and oxygen atoms in total. The number of carbonyl (C=O) groups excluding carboxylic acids is 1. The first kappa shape index (κ1) is 17.7. The zero-order chi connectivity index (χ0) is 17.2. The van der Waals surface area contributed by atoms with Gasteiger partial charge in [0, 0.05) is 26.2 Å². The lowest BCUT2D eigenvalue weighted by Crippen LogP contribution is -2.32. The second-order valence-corrected chi connectivity index (χ2v) is 8.44. The van der Waals surface area contributed by atoms with Gasteiger partial charge in [0.25, 0.3) is 5.91 Å². The van der Waals surface area contributed by atoms with Gasteiger partial charge < -0.3 is 10.1 Å². The van der Waals surface area contributed by atoms with Gasteiger partial charge in [-0.25, -0.2) is 8.42 Å². The van der Waals surface area contributed by atoms with Gasteiger partial charge in [-0.1, -0.05) is 11.6 Å². The fraction of sp³-hybridized carbons (Fsp3) is 0.562. The highest BCUT2D eigenvalue weighted by molar-refractivity contribution is 7.89. The van der Waals surface area contributed by atoms with Gasteiger partial charge in [-0.3, -0.25) is 4.79 Å². The van der Waals surface area contributed by atoms with Gasteiger partial charge in [0.2, 0.25) is 10.0 Å². The molecule has 8 heteroatoms. The fourth-order valence-electron chi connectivity index (χ4n) is 3.02. The molecule has 1 amide bonds. The first-order chi connectivity index (χ1) is 11.5. The first-order valence-corrected chi connectivity index (χ1v) is 10.00. The van der Waals surface area contributed by atoms with E-state index < -0.39 is 10.0 Å². The van der Waals surface area contributed by atoms with Crippen LogP contribution in [0.5, 0.6) is 0 Å². The van der Waals surface area contributed by atoms with Crippen molar-refractivity contribution in [2.24, 2.45) is 0 Å². The number of nitrogens with one attached hydrogen (secondary N) is 1. The van der Waals surface area contributed by atoms with Crippen molar-refractivity contribution in [3.63, 3.8) is 0 Å². The van der Waals surface area contributed by atoms with Gasteiger partial charge in [0.1, 0.15) is 0 Å². The average Bonchev–Trinajstić information content (AvgIpc) is 3.26. The quantitative estimate of drug-likeness (QED) is 0.858. The normalized spacial score (nSPS) is 22.0. The summed E-state index contributed by atoms with van der Waals surface area (Å²) >= 11 is 6.10. The van der Waals surface area contributed by atoms with Crippen LogP contribution in [0.15, 0.2) is 23.1 Å². The summed E-state index contributed by atoms with van der Waals surface area (Å²) in [5.74, 6) is -0.381. The third-order valence-corrected chi connectivity index (χ3v) is 6.62. The van der Waals surface area contributed by atoms with Crippen molar-refractivity contribution < 1.29 is 17.9 Å². The molecule has 2 aliphatic heterocycles. The van der Waals surface area contributed by atoms with Crippen LogP contribution in [0.4, 0.5) is 0 Å². The molecular formula is C16H21ClN2O4S. The van der Waals surface area contributed by atoms with Crippen molar-refractivity contribution in [3.05, 3.63) is 28.8 Å². The minimum absolute atomic E-state index is 0.0178. The van der Waals surface area contributed by atoms with E-state index in [1.54, 1.807) is 0 Å². The number of hydrogen-bond donors (Lipinski definition) is 1. The van der Waals surface area contributed by atoms with Crippen molar-refractivity contribution in [3.8, 4) is 0 Å². The lowest BCUT2D eigenvalue weighted by molar-refractivity contribution is 0.0857. The Balaban J connectivity index is 1.76. The van der Waals surface area contributed by atoms with E-state index in [0.29, 0.717) is 26.2 Å². The number of halogens is 1. The lowest BCUT2D eigenvalue weighted by atomic mass is 10.2. The van der Waals surface area contributed by atoms with E-state index in [4.69, 9.17) is 16.3 Å². The molecule has 2 heterocycles. The number of amides is 1. The number of carbonyl (C=O) groups is 1. The number of benzene rings is 1. The smallest absolute Gasteiger partial charge is 0.252 e. The van der Waals surface area contributed by atoms with Crippen LogP contribution in [0.1, 0.15) is 36.0 Å². The maximum atomic E-state index is 12.6. The minimum atomic E-state index is -3.57. The second-order valence-electron chi connectivity index (χ2n) is 6.10. The van der Waals surface area contributed by atoms with E-state index in [2.05, 4.69) is 5.32 Å². The van der Waals surface area contributed by atoms with Gasteiger partial charge in [-0.2, -0.15) is 4.31 Å². The summed E-state index contributed by atoms with van der Waals surface area (Å²) in [6, 6.07) is 4.28. The van der Waals surface area contributed by atoms with Crippen LogP contribution in [-0.4, -0.2) is 51.0 Å². The monoisotopic (exact) mass is 372 g/mol. The molecule has 0 saturated carbocycles. The van der Waals surface area contributed by atoms with Crippen LogP contribution in [0, 0.1) is 0 Å². The molecule has 0 radical (unpaired) electrons. The van der Waals surface area contributed by atoms with Crippen LogP contribution in [-0.2, 0) is 14.8 Å². The van der Waals surface area contributed by atoms with Gasteiger partial charge in [0.15, 0.2) is 0 Å². The molecule has 0 aromatic heterocycles. The van der Waals surface area contributed by atoms with E-state index in [9.17, 15) is 13.2 Å². The molecule has 2 saturated heterocycles. The van der Waals surface area contributed by atoms with Gasteiger partial charge >= 0.3 is 0 Å². The summed E-state index contributed by atoms with van der Waals surface area (Å²) in [4.78, 5) is 12.5. The number of sulfonamides is 1. The molecule has 3 rings (SSSR count). The molecule has 2 aliphatic rings. The van der Waals surface area contributed by atoms with Gasteiger partial charge in [-0.05, 0) is 43.9 Å². The maximum absolute atomic E-state index is 12.6. The highest BCUT2D eigenvalue weighted by atomic mass is 35.5. The largest absolute Gasteiger partial charge is 0.376 e. The van der Waals surface area contributed by atoms with Crippen LogP contribution in [0.3, 0.4) is 0 Å². The second kappa shape index (κ2) is 7.39. The van der Waals surface area contributed by atoms with E-state index >= 15 is 0 Å². The third kappa shape index (κ3) is 3.74. The first-order valence-electron chi connectivity index (χ1n) is 8.18. The van der Waals surface area contributed by atoms with E-state index in [0.717, 1.165) is 25.7 Å². The van der Waals surface area contributed by atoms with Crippen molar-refractivity contribution in [2.45, 2.75) is 36.7 Å². The Morgan fingerprint density at radius 2 is 2.04 bits per heavy atom. The Hall–Kier alpha value is -1.15. The van der Waals surface area contributed by atoms with Crippen molar-refractivity contribution in [1.29, 1.82) is 0 Å². The Kier molecular flexibility index (Phi) is 5.44. The topological polar surface area (TPSA) is 75.7 Å². The summed E-state index contributed by atoms with van der Waals surface area (Å²) in [6.45, 7) is 2.15. The molecule has 0 unspecified atom stereocenters. The number of rotatable bonds is 5. The molecule has 132 valence electrons. The zero-order valence-corrected chi connectivity index (χ0v) is 14.9. The summed E-state index contributed by atoms with van der Waals surface area (Å²) in [6.07, 6.45) is 3.65. The van der Waals surface area contributed by atoms with Gasteiger partial charge in [-0.15, -0.1) is 0 Å². The highest BCUT2D eigenvalue weighted by Crippen LogP contribution is 2.25. The Bertz CT molecular complexity index is 711. The molecular weight excluding hydrogens is 352 g/mol. The average molecular weight is 373 g/mol. The Labute approximate surface area is 147 Å². The molecule has 1 atom stereocenters. The van der Waals surface area contributed by atoms with Crippen LogP contribution >= 0.6 is 11.6 Å². The molecule has 0 spiro atoms. The van der Waals surface area contributed by atoms with Crippen LogP contribution in [0.25, 0.3) is 0 Å². The standard InChI is InChI=1S/C16H21ClN2O4S/c17-15-6-5-13(24(21,22)19-7-1-2-8-19)10-14(15)16(20)18-11-12-4-3-9-23-12/h5-6,10,12H,1-4,7-9,11H2,(H,18,20)/t12-/m1/s1. The molecule has 1 N–H and O–H groups in total. The molecule has 0 bridgehead atoms. The predicted molar refractivity (Wildman–Crippen MR) is 90.8 cm³/mol. The van der Waals surface area contributed by atoms with Crippen molar-refractivity contribution >= 4 is 27.5 Å². The molecule has 0 aliphatic carbocycles. The van der Waals surface area contributed by atoms with Gasteiger partial charge in [0.05, 0.1) is 21.6 Å². The third-order valence-electron chi connectivity index (χ3n) is 4.40. The number of hydrogen-bond acceptors (Lipinski definition) is 4. The SMILES string of the molecule is O=C(NC[C@H]1CCCO1)c1cc(S(=O)(=O)N2CCCC2)ccc1Cl. The Morgan fingerprint density at radius 3 is 2.71 bits per heavy atom. The van der Waals surface area contributed by atoms with Crippen molar-refractivity contribution in [2.75, 3.05) is 26.2 Å². The van der Waals surface area contributed by atoms with E-state index in [-0.39, 0.29) is 27.5 Å². The number of nitrogens with zero attached hydrogens (tertiary/aromatic N) is 1.